The first-order valence-electron chi connectivity index (χ1n) is 11.5. The van der Waals surface area contributed by atoms with Crippen molar-refractivity contribution in [2.45, 2.75) is 64.9 Å². The largest absolute Gasteiger partial charge is 0.474 e. The van der Waals surface area contributed by atoms with Gasteiger partial charge in [-0.15, -0.1) is 0 Å². The molecule has 1 amide bonds. The van der Waals surface area contributed by atoms with Gasteiger partial charge in [0.05, 0.1) is 5.69 Å². The third kappa shape index (κ3) is 4.27. The van der Waals surface area contributed by atoms with Gasteiger partial charge in [0.1, 0.15) is 11.9 Å². The van der Waals surface area contributed by atoms with E-state index in [1.54, 1.807) is 0 Å². The summed E-state index contributed by atoms with van der Waals surface area (Å²) >= 11 is 0. The summed E-state index contributed by atoms with van der Waals surface area (Å²) in [4.78, 5) is 21.7. The van der Waals surface area contributed by atoms with Crippen LogP contribution in [0.15, 0.2) is 36.5 Å². The highest BCUT2D eigenvalue weighted by Gasteiger charge is 2.30. The highest BCUT2D eigenvalue weighted by atomic mass is 16.5. The summed E-state index contributed by atoms with van der Waals surface area (Å²) in [6.07, 6.45) is 9.47. The van der Waals surface area contributed by atoms with Crippen molar-refractivity contribution in [1.29, 1.82) is 0 Å². The van der Waals surface area contributed by atoms with Crippen LogP contribution in [0.25, 0.3) is 22.0 Å². The van der Waals surface area contributed by atoms with Gasteiger partial charge in [0.15, 0.2) is 0 Å². The number of nitrogens with one attached hydrogen (secondary N) is 1. The number of amides is 1. The zero-order chi connectivity index (χ0) is 21.4. The zero-order valence-corrected chi connectivity index (χ0v) is 18.3. The number of ether oxygens (including phenoxy) is 1. The Kier molecular flexibility index (Phi) is 5.34. The van der Waals surface area contributed by atoms with Gasteiger partial charge in [-0.25, -0.2) is 9.97 Å². The Morgan fingerprint density at radius 2 is 1.94 bits per heavy atom. The molecule has 0 unspecified atom stereocenters. The van der Waals surface area contributed by atoms with E-state index in [1.807, 2.05) is 12.3 Å². The first-order chi connectivity index (χ1) is 15.1. The minimum atomic E-state index is 0.0571. The van der Waals surface area contributed by atoms with E-state index in [0.717, 1.165) is 54.1 Å². The standard InChI is InChI=1S/C26H29N3O2/c1-3-17-9-8-16(2)21(12-17)23-13-19-15-27-24(29-25(30)18-10-11-18)14-22(19)26(28-23)31-20-6-4-5-7-20/h8-9,12-15,18,20H,3-7,10-11H2,1-2H3,(H,27,29,30). The maximum Gasteiger partial charge on any atom is 0.228 e. The molecule has 2 fully saturated rings. The van der Waals surface area contributed by atoms with Crippen LogP contribution in [-0.2, 0) is 11.2 Å². The summed E-state index contributed by atoms with van der Waals surface area (Å²) in [7, 11) is 0. The summed E-state index contributed by atoms with van der Waals surface area (Å²) in [6.45, 7) is 4.28. The molecule has 2 aromatic heterocycles. The number of aryl methyl sites for hydroxylation is 2. The number of nitrogens with zero attached hydrogens (tertiary/aromatic N) is 2. The van der Waals surface area contributed by atoms with E-state index in [2.05, 4.69) is 48.4 Å². The summed E-state index contributed by atoms with van der Waals surface area (Å²) in [6, 6.07) is 10.5. The highest BCUT2D eigenvalue weighted by Crippen LogP contribution is 2.35. The highest BCUT2D eigenvalue weighted by molar-refractivity contribution is 5.97. The number of anilines is 1. The second-order valence-electron chi connectivity index (χ2n) is 8.89. The Hall–Kier alpha value is -2.95. The van der Waals surface area contributed by atoms with Crippen LogP contribution in [0.5, 0.6) is 5.88 Å². The molecule has 2 heterocycles. The lowest BCUT2D eigenvalue weighted by molar-refractivity contribution is -0.117. The first-order valence-corrected chi connectivity index (χ1v) is 11.5. The Morgan fingerprint density at radius 1 is 1.13 bits per heavy atom. The van der Waals surface area contributed by atoms with Crippen LogP contribution in [0.2, 0.25) is 0 Å². The molecule has 160 valence electrons. The fourth-order valence-corrected chi connectivity index (χ4v) is 4.31. The molecule has 0 aliphatic heterocycles. The molecule has 0 bridgehead atoms. The maximum atomic E-state index is 12.2. The number of fused-ring (bicyclic) bond motifs is 1. The molecule has 0 atom stereocenters. The molecule has 5 rings (SSSR count). The van der Waals surface area contributed by atoms with Crippen molar-refractivity contribution in [2.24, 2.45) is 5.92 Å². The lowest BCUT2D eigenvalue weighted by Crippen LogP contribution is -2.15. The quantitative estimate of drug-likeness (QED) is 0.549. The normalized spacial score (nSPS) is 16.6. The van der Waals surface area contributed by atoms with Crippen LogP contribution in [-0.4, -0.2) is 22.0 Å². The van der Waals surface area contributed by atoms with E-state index in [9.17, 15) is 4.79 Å². The van der Waals surface area contributed by atoms with E-state index in [-0.39, 0.29) is 17.9 Å². The summed E-state index contributed by atoms with van der Waals surface area (Å²) in [5, 5.41) is 4.83. The molecule has 2 aliphatic carbocycles. The number of carbonyl (C=O) groups is 1. The second kappa shape index (κ2) is 8.29. The van der Waals surface area contributed by atoms with E-state index in [4.69, 9.17) is 9.72 Å². The predicted molar refractivity (Wildman–Crippen MR) is 123 cm³/mol. The number of benzene rings is 1. The molecule has 2 aliphatic rings. The van der Waals surface area contributed by atoms with Gasteiger partial charge < -0.3 is 10.1 Å². The van der Waals surface area contributed by atoms with Gasteiger partial charge in [-0.3, -0.25) is 4.79 Å². The van der Waals surface area contributed by atoms with E-state index < -0.39 is 0 Å². The molecule has 2 saturated carbocycles. The number of hydrogen-bond donors (Lipinski definition) is 1. The molecule has 31 heavy (non-hydrogen) atoms. The summed E-state index contributed by atoms with van der Waals surface area (Å²) in [5.41, 5.74) is 4.52. The van der Waals surface area contributed by atoms with Crippen molar-refractivity contribution in [3.63, 3.8) is 0 Å². The molecular formula is C26H29N3O2. The molecule has 5 heteroatoms. The van der Waals surface area contributed by atoms with Gasteiger partial charge in [-0.1, -0.05) is 19.1 Å². The minimum absolute atomic E-state index is 0.0571. The number of rotatable bonds is 6. The van der Waals surface area contributed by atoms with Gasteiger partial charge in [0, 0.05) is 28.5 Å². The number of hydrogen-bond acceptors (Lipinski definition) is 4. The topological polar surface area (TPSA) is 64.1 Å². The SMILES string of the molecule is CCc1ccc(C)c(-c2cc3cnc(NC(=O)C4CC4)cc3c(OC3CCCC3)n2)c1. The maximum absolute atomic E-state index is 12.2. The zero-order valence-electron chi connectivity index (χ0n) is 18.3. The van der Waals surface area contributed by atoms with Crippen molar-refractivity contribution in [3.05, 3.63) is 47.7 Å². The molecule has 3 aromatic rings. The predicted octanol–water partition coefficient (Wildman–Crippen LogP) is 5.84. The van der Waals surface area contributed by atoms with Crippen molar-refractivity contribution in [3.8, 4) is 17.1 Å². The molecule has 0 spiro atoms. The Labute approximate surface area is 183 Å². The van der Waals surface area contributed by atoms with Crippen molar-refractivity contribution < 1.29 is 9.53 Å². The molecule has 1 aromatic carbocycles. The molecule has 0 radical (unpaired) electrons. The Balaban J connectivity index is 1.58. The third-order valence-electron chi connectivity index (χ3n) is 6.45. The second-order valence-corrected chi connectivity index (χ2v) is 8.89. The molecular weight excluding hydrogens is 386 g/mol. The lowest BCUT2D eigenvalue weighted by Gasteiger charge is -2.17. The lowest BCUT2D eigenvalue weighted by atomic mass is 9.99. The number of aromatic nitrogens is 2. The minimum Gasteiger partial charge on any atom is -0.474 e. The van der Waals surface area contributed by atoms with Crippen LogP contribution in [0.3, 0.4) is 0 Å². The van der Waals surface area contributed by atoms with Gasteiger partial charge in [0.25, 0.3) is 0 Å². The fourth-order valence-electron chi connectivity index (χ4n) is 4.31. The molecule has 0 saturated heterocycles. The van der Waals surface area contributed by atoms with Crippen molar-refractivity contribution in [1.82, 2.24) is 9.97 Å². The Morgan fingerprint density at radius 3 is 2.68 bits per heavy atom. The van der Waals surface area contributed by atoms with Gasteiger partial charge in [-0.2, -0.15) is 0 Å². The molecule has 1 N–H and O–H groups in total. The fraction of sp³-hybridized carbons (Fsp3) is 0.423. The van der Waals surface area contributed by atoms with Crippen LogP contribution in [0.4, 0.5) is 5.82 Å². The van der Waals surface area contributed by atoms with Gasteiger partial charge in [0.2, 0.25) is 11.8 Å². The van der Waals surface area contributed by atoms with Crippen LogP contribution in [0, 0.1) is 12.8 Å². The van der Waals surface area contributed by atoms with E-state index in [0.29, 0.717) is 11.7 Å². The number of carbonyl (C=O) groups excluding carboxylic acids is 1. The first kappa shape index (κ1) is 20.0. The summed E-state index contributed by atoms with van der Waals surface area (Å²) < 4.78 is 6.42. The average molecular weight is 416 g/mol. The number of pyridine rings is 2. The Bertz CT molecular complexity index is 1130. The average Bonchev–Trinajstić information content (AvgIpc) is 3.51. The van der Waals surface area contributed by atoms with Gasteiger partial charge >= 0.3 is 0 Å². The van der Waals surface area contributed by atoms with E-state index in [1.165, 1.54) is 24.0 Å². The monoisotopic (exact) mass is 415 g/mol. The summed E-state index contributed by atoms with van der Waals surface area (Å²) in [5.74, 6) is 1.41. The van der Waals surface area contributed by atoms with Crippen molar-refractivity contribution in [2.75, 3.05) is 5.32 Å². The van der Waals surface area contributed by atoms with Crippen molar-refractivity contribution >= 4 is 22.5 Å². The van der Waals surface area contributed by atoms with Crippen LogP contribution in [0.1, 0.15) is 56.6 Å². The van der Waals surface area contributed by atoms with Gasteiger partial charge in [-0.05, 0) is 81.2 Å². The molecule has 5 nitrogen and oxygen atoms in total. The van der Waals surface area contributed by atoms with Crippen LogP contribution >= 0.6 is 0 Å². The third-order valence-corrected chi connectivity index (χ3v) is 6.45. The van der Waals surface area contributed by atoms with E-state index >= 15 is 0 Å². The smallest absolute Gasteiger partial charge is 0.228 e. The van der Waals surface area contributed by atoms with Crippen LogP contribution < -0.4 is 10.1 Å².